The summed E-state index contributed by atoms with van der Waals surface area (Å²) in [6, 6.07) is -0.682. The Labute approximate surface area is 91.1 Å². The second kappa shape index (κ2) is 5.34. The molecule has 0 radical (unpaired) electrons. The number of esters is 2. The lowest BCUT2D eigenvalue weighted by atomic mass is 10.2. The molecule has 16 heavy (non-hydrogen) atoms. The van der Waals surface area contributed by atoms with Crippen LogP contribution in [0.25, 0.3) is 10.4 Å². The number of azide groups is 1. The molecule has 0 amide bonds. The van der Waals surface area contributed by atoms with Gasteiger partial charge in [0, 0.05) is 18.8 Å². The van der Waals surface area contributed by atoms with Crippen molar-refractivity contribution in [2.75, 3.05) is 6.61 Å². The van der Waals surface area contributed by atoms with Gasteiger partial charge in [-0.15, -0.1) is 0 Å². The van der Waals surface area contributed by atoms with E-state index in [9.17, 15) is 9.59 Å². The fourth-order valence-electron chi connectivity index (χ4n) is 1.32. The number of hydrogen-bond donors (Lipinski definition) is 0. The van der Waals surface area contributed by atoms with Gasteiger partial charge in [0.25, 0.3) is 0 Å². The summed E-state index contributed by atoms with van der Waals surface area (Å²) in [5.74, 6) is -1.13. The summed E-state index contributed by atoms with van der Waals surface area (Å²) in [5, 5.41) is 3.40. The molecule has 0 spiro atoms. The SMILES string of the molecule is CC(=O)OC1OC[C@H](N=[N+]=[N-])[C@H]1OC(C)=O. The third-order valence-corrected chi connectivity index (χ3v) is 1.86. The topological polar surface area (TPSA) is 111 Å². The molecule has 88 valence electrons. The van der Waals surface area contributed by atoms with Crippen molar-refractivity contribution in [2.24, 2.45) is 5.11 Å². The van der Waals surface area contributed by atoms with E-state index in [4.69, 9.17) is 19.7 Å². The summed E-state index contributed by atoms with van der Waals surface area (Å²) in [7, 11) is 0. The Hall–Kier alpha value is -1.79. The molecule has 0 aromatic rings. The third-order valence-electron chi connectivity index (χ3n) is 1.86. The highest BCUT2D eigenvalue weighted by molar-refractivity contribution is 5.67. The Morgan fingerprint density at radius 1 is 1.38 bits per heavy atom. The van der Waals surface area contributed by atoms with E-state index in [-0.39, 0.29) is 6.61 Å². The number of rotatable bonds is 3. The maximum atomic E-state index is 10.8. The number of carbonyl (C=O) groups excluding carboxylic acids is 2. The molecule has 0 aromatic carbocycles. The van der Waals surface area contributed by atoms with Gasteiger partial charge in [-0.3, -0.25) is 9.59 Å². The number of carbonyl (C=O) groups is 2. The van der Waals surface area contributed by atoms with Gasteiger partial charge in [0.1, 0.15) is 6.04 Å². The molecule has 8 heteroatoms. The second-order valence-corrected chi connectivity index (χ2v) is 3.16. The lowest BCUT2D eigenvalue weighted by molar-refractivity contribution is -0.189. The molecule has 0 aliphatic carbocycles. The van der Waals surface area contributed by atoms with Crippen LogP contribution in [-0.4, -0.2) is 37.0 Å². The monoisotopic (exact) mass is 229 g/mol. The second-order valence-electron chi connectivity index (χ2n) is 3.16. The zero-order valence-corrected chi connectivity index (χ0v) is 8.82. The van der Waals surface area contributed by atoms with Crippen LogP contribution in [0.5, 0.6) is 0 Å². The molecule has 1 saturated heterocycles. The van der Waals surface area contributed by atoms with Crippen molar-refractivity contribution in [3.8, 4) is 0 Å². The van der Waals surface area contributed by atoms with Gasteiger partial charge in [-0.05, 0) is 5.53 Å². The van der Waals surface area contributed by atoms with E-state index < -0.39 is 30.4 Å². The third kappa shape index (κ3) is 3.11. The van der Waals surface area contributed by atoms with Crippen LogP contribution in [0.3, 0.4) is 0 Å². The van der Waals surface area contributed by atoms with Crippen LogP contribution in [0.1, 0.15) is 13.8 Å². The average Bonchev–Trinajstić information content (AvgIpc) is 2.49. The molecule has 1 rings (SSSR count). The first-order valence-electron chi connectivity index (χ1n) is 4.55. The molecule has 0 saturated carbocycles. The fraction of sp³-hybridized carbons (Fsp3) is 0.750. The first kappa shape index (κ1) is 12.3. The van der Waals surface area contributed by atoms with E-state index in [1.54, 1.807) is 0 Å². The highest BCUT2D eigenvalue weighted by Gasteiger charge is 2.41. The molecule has 1 aliphatic heterocycles. The van der Waals surface area contributed by atoms with Crippen LogP contribution >= 0.6 is 0 Å². The Balaban J connectivity index is 2.74. The van der Waals surface area contributed by atoms with Gasteiger partial charge < -0.3 is 14.2 Å². The number of hydrogen-bond acceptors (Lipinski definition) is 6. The first-order valence-corrected chi connectivity index (χ1v) is 4.55. The van der Waals surface area contributed by atoms with Crippen LogP contribution in [0.2, 0.25) is 0 Å². The summed E-state index contributed by atoms with van der Waals surface area (Å²) in [4.78, 5) is 24.2. The summed E-state index contributed by atoms with van der Waals surface area (Å²) in [5.41, 5.74) is 8.30. The molecular weight excluding hydrogens is 218 g/mol. The zero-order chi connectivity index (χ0) is 12.1. The van der Waals surface area contributed by atoms with Gasteiger partial charge in [-0.2, -0.15) is 0 Å². The van der Waals surface area contributed by atoms with E-state index in [0.29, 0.717) is 0 Å². The van der Waals surface area contributed by atoms with Gasteiger partial charge in [-0.25, -0.2) is 0 Å². The average molecular weight is 229 g/mol. The maximum Gasteiger partial charge on any atom is 0.305 e. The standard InChI is InChI=1S/C8H11N3O5/c1-4(12)15-7-6(10-11-9)3-14-8(7)16-5(2)13/h6-8H,3H2,1-2H3/t6-,7+,8?/m0/s1. The lowest BCUT2D eigenvalue weighted by Crippen LogP contribution is -2.36. The molecule has 0 bridgehead atoms. The number of nitrogens with zero attached hydrogens (tertiary/aromatic N) is 3. The van der Waals surface area contributed by atoms with Gasteiger partial charge in [-0.1, -0.05) is 5.11 Å². The number of ether oxygens (including phenoxy) is 3. The van der Waals surface area contributed by atoms with Crippen LogP contribution in [0.4, 0.5) is 0 Å². The van der Waals surface area contributed by atoms with E-state index in [0.717, 1.165) is 0 Å². The highest BCUT2D eigenvalue weighted by Crippen LogP contribution is 2.22. The largest absolute Gasteiger partial charge is 0.455 e. The summed E-state index contributed by atoms with van der Waals surface area (Å²) < 4.78 is 14.7. The van der Waals surface area contributed by atoms with Crippen LogP contribution in [-0.2, 0) is 23.8 Å². The van der Waals surface area contributed by atoms with Gasteiger partial charge in [0.15, 0.2) is 6.10 Å². The van der Waals surface area contributed by atoms with Crippen molar-refractivity contribution in [1.82, 2.24) is 0 Å². The van der Waals surface area contributed by atoms with Gasteiger partial charge in [0.05, 0.1) is 6.61 Å². The first-order chi connectivity index (χ1) is 7.54. The predicted octanol–water partition coefficient (Wildman–Crippen LogP) is 0.516. The smallest absolute Gasteiger partial charge is 0.305 e. The maximum absolute atomic E-state index is 10.8. The molecule has 1 fully saturated rings. The minimum atomic E-state index is -1.02. The fourth-order valence-corrected chi connectivity index (χ4v) is 1.32. The predicted molar refractivity (Wildman–Crippen MR) is 50.0 cm³/mol. The molecule has 8 nitrogen and oxygen atoms in total. The minimum Gasteiger partial charge on any atom is -0.455 e. The van der Waals surface area contributed by atoms with E-state index in [2.05, 4.69) is 10.0 Å². The quantitative estimate of drug-likeness (QED) is 0.303. The minimum absolute atomic E-state index is 0.0416. The summed E-state index contributed by atoms with van der Waals surface area (Å²) in [6.45, 7) is 2.45. The van der Waals surface area contributed by atoms with Gasteiger partial charge >= 0.3 is 11.9 Å². The molecule has 1 heterocycles. The Morgan fingerprint density at radius 2 is 2.00 bits per heavy atom. The Kier molecular flexibility index (Phi) is 4.10. The van der Waals surface area contributed by atoms with Crippen molar-refractivity contribution in [1.29, 1.82) is 0 Å². The lowest BCUT2D eigenvalue weighted by Gasteiger charge is -2.19. The molecule has 1 aliphatic rings. The Morgan fingerprint density at radius 3 is 2.50 bits per heavy atom. The molecule has 3 atom stereocenters. The molecular formula is C8H11N3O5. The van der Waals surface area contributed by atoms with Crippen LogP contribution in [0, 0.1) is 0 Å². The van der Waals surface area contributed by atoms with Crippen molar-refractivity contribution in [3.05, 3.63) is 10.4 Å². The zero-order valence-electron chi connectivity index (χ0n) is 8.82. The van der Waals surface area contributed by atoms with Gasteiger partial charge in [0.2, 0.25) is 6.29 Å². The normalized spacial score (nSPS) is 28.0. The van der Waals surface area contributed by atoms with E-state index in [1.165, 1.54) is 13.8 Å². The Bertz CT molecular complexity index is 339. The molecule has 1 unspecified atom stereocenters. The van der Waals surface area contributed by atoms with E-state index >= 15 is 0 Å². The van der Waals surface area contributed by atoms with Crippen molar-refractivity contribution >= 4 is 11.9 Å². The molecule has 0 N–H and O–H groups in total. The van der Waals surface area contributed by atoms with Crippen molar-refractivity contribution < 1.29 is 23.8 Å². The van der Waals surface area contributed by atoms with Crippen LogP contribution < -0.4 is 0 Å². The highest BCUT2D eigenvalue weighted by atomic mass is 16.7. The molecule has 0 aromatic heterocycles. The summed E-state index contributed by atoms with van der Waals surface area (Å²) in [6.07, 6.45) is -1.91. The van der Waals surface area contributed by atoms with Crippen molar-refractivity contribution in [2.45, 2.75) is 32.3 Å². The van der Waals surface area contributed by atoms with E-state index in [1.807, 2.05) is 0 Å². The van der Waals surface area contributed by atoms with Crippen molar-refractivity contribution in [3.63, 3.8) is 0 Å². The summed E-state index contributed by atoms with van der Waals surface area (Å²) >= 11 is 0. The van der Waals surface area contributed by atoms with Crippen LogP contribution in [0.15, 0.2) is 5.11 Å².